The molecule has 3 rings (SSSR count). The second-order valence-electron chi connectivity index (χ2n) is 5.78. The van der Waals surface area contributed by atoms with Gasteiger partial charge in [-0.15, -0.1) is 0 Å². The Morgan fingerprint density at radius 3 is 2.50 bits per heavy atom. The third kappa shape index (κ3) is 4.12. The number of halogens is 3. The highest BCUT2D eigenvalue weighted by Gasteiger charge is 2.42. The van der Waals surface area contributed by atoms with E-state index in [9.17, 15) is 18.0 Å². The van der Waals surface area contributed by atoms with Gasteiger partial charge in [-0.05, 0) is 43.6 Å². The molecule has 4 nitrogen and oxygen atoms in total. The quantitative estimate of drug-likeness (QED) is 0.643. The number of aromatic nitrogens is 2. The van der Waals surface area contributed by atoms with Gasteiger partial charge in [-0.2, -0.15) is 13.2 Å². The lowest BCUT2D eigenvalue weighted by Crippen LogP contribution is -2.39. The monoisotopic (exact) mass is 331 g/mol. The number of amides is 1. The standard InChI is InChI=1S/C14H16F3N3OS/c15-14(16,17)10-5-6-18-13(19-10)22-7-11(21)20-12(8-1-2-8)9-3-4-9/h5-6,8-9,12H,1-4,7H2,(H,20,21). The number of carbonyl (C=O) groups excluding carboxylic acids is 1. The summed E-state index contributed by atoms with van der Waals surface area (Å²) in [5, 5.41) is 2.99. The van der Waals surface area contributed by atoms with E-state index < -0.39 is 11.9 Å². The smallest absolute Gasteiger partial charge is 0.352 e. The summed E-state index contributed by atoms with van der Waals surface area (Å²) in [6.07, 6.45) is 1.20. The summed E-state index contributed by atoms with van der Waals surface area (Å²) < 4.78 is 37.7. The van der Waals surface area contributed by atoms with Crippen molar-refractivity contribution in [3.05, 3.63) is 18.0 Å². The minimum Gasteiger partial charge on any atom is -0.352 e. The van der Waals surface area contributed by atoms with Crippen LogP contribution in [0.15, 0.2) is 17.4 Å². The first-order valence-corrected chi connectivity index (χ1v) is 8.24. The van der Waals surface area contributed by atoms with E-state index in [1.165, 1.54) is 0 Å². The van der Waals surface area contributed by atoms with E-state index in [4.69, 9.17) is 0 Å². The molecule has 2 aliphatic rings. The van der Waals surface area contributed by atoms with Crippen LogP contribution in [0.4, 0.5) is 13.2 Å². The molecular formula is C14H16F3N3OS. The van der Waals surface area contributed by atoms with Gasteiger partial charge in [-0.25, -0.2) is 9.97 Å². The maximum absolute atomic E-state index is 12.6. The molecule has 0 atom stereocenters. The molecule has 0 spiro atoms. The van der Waals surface area contributed by atoms with Gasteiger partial charge in [-0.1, -0.05) is 11.8 Å². The Hall–Kier alpha value is -1.31. The maximum atomic E-state index is 12.6. The van der Waals surface area contributed by atoms with Crippen LogP contribution in [0.1, 0.15) is 31.4 Å². The molecule has 1 aromatic rings. The number of carbonyl (C=O) groups is 1. The van der Waals surface area contributed by atoms with Gasteiger partial charge in [0.25, 0.3) is 0 Å². The SMILES string of the molecule is O=C(CSc1nccc(C(F)(F)F)n1)NC(C1CC1)C1CC1. The molecule has 8 heteroatoms. The first-order chi connectivity index (χ1) is 10.4. The largest absolute Gasteiger partial charge is 0.433 e. The zero-order chi connectivity index (χ0) is 15.7. The van der Waals surface area contributed by atoms with Crippen molar-refractivity contribution in [1.29, 1.82) is 0 Å². The van der Waals surface area contributed by atoms with Crippen molar-refractivity contribution in [3.63, 3.8) is 0 Å². The maximum Gasteiger partial charge on any atom is 0.433 e. The fourth-order valence-electron chi connectivity index (χ4n) is 2.46. The van der Waals surface area contributed by atoms with Crippen molar-refractivity contribution >= 4 is 17.7 Å². The van der Waals surface area contributed by atoms with E-state index in [-0.39, 0.29) is 22.9 Å². The predicted molar refractivity (Wildman–Crippen MR) is 75.1 cm³/mol. The summed E-state index contributed by atoms with van der Waals surface area (Å²) >= 11 is 0.931. The van der Waals surface area contributed by atoms with Gasteiger partial charge in [0.15, 0.2) is 5.16 Å². The lowest BCUT2D eigenvalue weighted by molar-refractivity contribution is -0.141. The Bertz CT molecular complexity index is 547. The molecule has 2 fully saturated rings. The van der Waals surface area contributed by atoms with Crippen LogP contribution in [-0.2, 0) is 11.0 Å². The second kappa shape index (κ2) is 6.06. The zero-order valence-corrected chi connectivity index (χ0v) is 12.6. The normalized spacial score (nSPS) is 18.5. The number of rotatable bonds is 6. The molecule has 1 aromatic heterocycles. The molecule has 0 radical (unpaired) electrons. The first kappa shape index (κ1) is 15.6. The van der Waals surface area contributed by atoms with Gasteiger partial charge < -0.3 is 5.32 Å². The summed E-state index contributed by atoms with van der Waals surface area (Å²) in [5.41, 5.74) is -0.987. The van der Waals surface area contributed by atoms with E-state index in [1.807, 2.05) is 0 Å². The van der Waals surface area contributed by atoms with Gasteiger partial charge in [0.1, 0.15) is 5.69 Å². The minimum atomic E-state index is -4.50. The predicted octanol–water partition coefficient (Wildman–Crippen LogP) is 2.89. The third-order valence-corrected chi connectivity index (χ3v) is 4.71. The third-order valence-electron chi connectivity index (χ3n) is 3.84. The molecule has 1 amide bonds. The van der Waals surface area contributed by atoms with Crippen LogP contribution in [0, 0.1) is 11.8 Å². The van der Waals surface area contributed by atoms with Gasteiger partial charge in [0, 0.05) is 12.2 Å². The number of nitrogens with one attached hydrogen (secondary N) is 1. The highest BCUT2D eigenvalue weighted by Crippen LogP contribution is 2.44. The Balaban J connectivity index is 1.52. The average molecular weight is 331 g/mol. The highest BCUT2D eigenvalue weighted by atomic mass is 32.2. The van der Waals surface area contributed by atoms with E-state index in [1.54, 1.807) is 0 Å². The lowest BCUT2D eigenvalue weighted by atomic mass is 10.1. The summed E-state index contributed by atoms with van der Waals surface area (Å²) in [5.74, 6) is 1.06. The van der Waals surface area contributed by atoms with Crippen LogP contribution in [-0.4, -0.2) is 27.7 Å². The van der Waals surface area contributed by atoms with Crippen molar-refractivity contribution in [3.8, 4) is 0 Å². The fraction of sp³-hybridized carbons (Fsp3) is 0.643. The molecule has 120 valence electrons. The zero-order valence-electron chi connectivity index (χ0n) is 11.8. The molecule has 0 unspecified atom stereocenters. The summed E-state index contributed by atoms with van der Waals surface area (Å²) in [6.45, 7) is 0. The van der Waals surface area contributed by atoms with Gasteiger partial charge in [0.05, 0.1) is 5.75 Å². The minimum absolute atomic E-state index is 0.0284. The van der Waals surface area contributed by atoms with Gasteiger partial charge >= 0.3 is 6.18 Å². The van der Waals surface area contributed by atoms with Gasteiger partial charge in [0.2, 0.25) is 5.91 Å². The van der Waals surface area contributed by atoms with E-state index in [0.29, 0.717) is 11.8 Å². The molecule has 0 saturated heterocycles. The Morgan fingerprint density at radius 1 is 1.32 bits per heavy atom. The Labute approximate surface area is 130 Å². The van der Waals surface area contributed by atoms with Crippen LogP contribution < -0.4 is 5.32 Å². The Kier molecular flexibility index (Phi) is 4.29. The van der Waals surface area contributed by atoms with Crippen LogP contribution in [0.3, 0.4) is 0 Å². The molecule has 2 aliphatic carbocycles. The number of thioether (sulfide) groups is 1. The van der Waals surface area contributed by atoms with Gasteiger partial charge in [-0.3, -0.25) is 4.79 Å². The summed E-state index contributed by atoms with van der Waals surface area (Å²) in [7, 11) is 0. The summed E-state index contributed by atoms with van der Waals surface area (Å²) in [6, 6.07) is 1.07. The van der Waals surface area contributed by atoms with Crippen molar-refractivity contribution in [1.82, 2.24) is 15.3 Å². The van der Waals surface area contributed by atoms with Crippen molar-refractivity contribution in [2.24, 2.45) is 11.8 Å². The number of hydrogen-bond acceptors (Lipinski definition) is 4. The molecular weight excluding hydrogens is 315 g/mol. The molecule has 0 bridgehead atoms. The number of nitrogens with zero attached hydrogens (tertiary/aromatic N) is 2. The summed E-state index contributed by atoms with van der Waals surface area (Å²) in [4.78, 5) is 19.2. The number of alkyl halides is 3. The lowest BCUT2D eigenvalue weighted by Gasteiger charge is -2.17. The van der Waals surface area contributed by atoms with Crippen molar-refractivity contribution in [2.75, 3.05) is 5.75 Å². The molecule has 0 aromatic carbocycles. The van der Waals surface area contributed by atoms with Crippen LogP contribution in [0.5, 0.6) is 0 Å². The number of hydrogen-bond donors (Lipinski definition) is 1. The molecule has 2 saturated carbocycles. The second-order valence-corrected chi connectivity index (χ2v) is 6.72. The molecule has 22 heavy (non-hydrogen) atoms. The van der Waals surface area contributed by atoms with Crippen LogP contribution >= 0.6 is 11.8 Å². The molecule has 0 aliphatic heterocycles. The highest BCUT2D eigenvalue weighted by molar-refractivity contribution is 7.99. The van der Waals surface area contributed by atoms with E-state index in [0.717, 1.165) is 49.7 Å². The first-order valence-electron chi connectivity index (χ1n) is 7.26. The molecule has 1 heterocycles. The van der Waals surface area contributed by atoms with Crippen LogP contribution in [0.2, 0.25) is 0 Å². The van der Waals surface area contributed by atoms with Crippen LogP contribution in [0.25, 0.3) is 0 Å². The van der Waals surface area contributed by atoms with Crippen molar-refractivity contribution in [2.45, 2.75) is 43.1 Å². The average Bonchev–Trinajstić information content (AvgIpc) is 3.35. The Morgan fingerprint density at radius 2 is 1.95 bits per heavy atom. The topological polar surface area (TPSA) is 54.9 Å². The fourth-order valence-corrected chi connectivity index (χ4v) is 3.10. The van der Waals surface area contributed by atoms with E-state index >= 15 is 0 Å². The van der Waals surface area contributed by atoms with Crippen molar-refractivity contribution < 1.29 is 18.0 Å². The van der Waals surface area contributed by atoms with E-state index in [2.05, 4.69) is 15.3 Å². The molecule has 1 N–H and O–H groups in total.